The van der Waals surface area contributed by atoms with Crippen LogP contribution in [0.4, 0.5) is 10.5 Å². The normalized spacial score (nSPS) is 14.7. The molecular formula is C21H25BrN2O3. The summed E-state index contributed by atoms with van der Waals surface area (Å²) in [6.45, 7) is 6.90. The fourth-order valence-corrected chi connectivity index (χ4v) is 3.62. The first-order chi connectivity index (χ1) is 12.7. The first-order valence-corrected chi connectivity index (χ1v) is 9.96. The number of ether oxygens (including phenoxy) is 1. The maximum atomic E-state index is 12.2. The van der Waals surface area contributed by atoms with E-state index in [1.807, 2.05) is 57.2 Å². The van der Waals surface area contributed by atoms with E-state index in [-0.39, 0.29) is 12.0 Å². The minimum absolute atomic E-state index is 0.0000601. The third-order valence-corrected chi connectivity index (χ3v) is 5.19. The van der Waals surface area contributed by atoms with Gasteiger partial charge in [-0.15, -0.1) is 0 Å². The highest BCUT2D eigenvalue weighted by molar-refractivity contribution is 9.10. The van der Waals surface area contributed by atoms with Crippen molar-refractivity contribution in [1.82, 2.24) is 4.90 Å². The van der Waals surface area contributed by atoms with Crippen LogP contribution >= 0.6 is 15.9 Å². The lowest BCUT2D eigenvalue weighted by Gasteiger charge is -2.39. The fourth-order valence-electron chi connectivity index (χ4n) is 3.11. The average Bonchev–Trinajstić information content (AvgIpc) is 2.51. The van der Waals surface area contributed by atoms with Crippen LogP contribution < -0.4 is 5.32 Å². The molecule has 2 amide bonds. The molecule has 5 nitrogen and oxygen atoms in total. The number of halogens is 1. The van der Waals surface area contributed by atoms with Crippen LogP contribution in [-0.4, -0.2) is 35.6 Å². The van der Waals surface area contributed by atoms with Crippen molar-refractivity contribution in [2.75, 3.05) is 18.4 Å². The molecule has 1 fully saturated rings. The topological polar surface area (TPSA) is 58.6 Å². The van der Waals surface area contributed by atoms with E-state index >= 15 is 0 Å². The third kappa shape index (κ3) is 5.22. The highest BCUT2D eigenvalue weighted by Gasteiger charge is 2.33. The molecule has 2 aromatic rings. The second-order valence-corrected chi connectivity index (χ2v) is 8.87. The van der Waals surface area contributed by atoms with Crippen molar-refractivity contribution < 1.29 is 14.3 Å². The Morgan fingerprint density at radius 2 is 1.96 bits per heavy atom. The van der Waals surface area contributed by atoms with Crippen LogP contribution in [0.5, 0.6) is 0 Å². The Balaban J connectivity index is 1.44. The summed E-state index contributed by atoms with van der Waals surface area (Å²) < 4.78 is 6.38. The molecule has 0 atom stereocenters. The molecule has 0 radical (unpaired) electrons. The molecule has 0 bridgehead atoms. The molecule has 0 aromatic heterocycles. The van der Waals surface area contributed by atoms with Gasteiger partial charge in [-0.3, -0.25) is 4.79 Å². The summed E-state index contributed by atoms with van der Waals surface area (Å²) in [5.74, 6) is 0.357. The van der Waals surface area contributed by atoms with Crippen molar-refractivity contribution in [2.45, 2.75) is 39.2 Å². The van der Waals surface area contributed by atoms with Crippen LogP contribution in [0.2, 0.25) is 0 Å². The third-order valence-electron chi connectivity index (χ3n) is 4.50. The molecule has 3 rings (SSSR count). The largest absolute Gasteiger partial charge is 0.444 e. The summed E-state index contributed by atoms with van der Waals surface area (Å²) >= 11 is 3.53. The SMILES string of the molecule is CC(C)(C)OC(=O)N1CC(CCC(=O)Nc2ccc3c(Br)cccc3c2)C1. The van der Waals surface area contributed by atoms with Gasteiger partial charge in [0.2, 0.25) is 5.91 Å². The van der Waals surface area contributed by atoms with Crippen LogP contribution in [0, 0.1) is 5.92 Å². The van der Waals surface area contributed by atoms with E-state index < -0.39 is 5.60 Å². The lowest BCUT2D eigenvalue weighted by Crippen LogP contribution is -2.51. The lowest BCUT2D eigenvalue weighted by atomic mass is 9.95. The highest BCUT2D eigenvalue weighted by atomic mass is 79.9. The maximum absolute atomic E-state index is 12.2. The van der Waals surface area contributed by atoms with Crippen LogP contribution in [0.25, 0.3) is 10.8 Å². The summed E-state index contributed by atoms with van der Waals surface area (Å²) in [6, 6.07) is 11.9. The van der Waals surface area contributed by atoms with Gasteiger partial charge in [-0.05, 0) is 62.1 Å². The predicted octanol–water partition coefficient (Wildman–Crippen LogP) is 5.19. The fraction of sp³-hybridized carbons (Fsp3) is 0.429. The van der Waals surface area contributed by atoms with Crippen LogP contribution in [0.3, 0.4) is 0 Å². The number of rotatable bonds is 4. The average molecular weight is 433 g/mol. The van der Waals surface area contributed by atoms with Gasteiger partial charge in [0, 0.05) is 29.7 Å². The Morgan fingerprint density at radius 1 is 1.22 bits per heavy atom. The van der Waals surface area contributed by atoms with E-state index in [1.165, 1.54) is 0 Å². The van der Waals surface area contributed by atoms with E-state index in [9.17, 15) is 9.59 Å². The molecule has 1 aliphatic heterocycles. The number of fused-ring (bicyclic) bond motifs is 1. The van der Waals surface area contributed by atoms with Gasteiger partial charge in [-0.1, -0.05) is 34.1 Å². The van der Waals surface area contributed by atoms with Crippen LogP contribution in [-0.2, 0) is 9.53 Å². The van der Waals surface area contributed by atoms with Crippen LogP contribution in [0.1, 0.15) is 33.6 Å². The van der Waals surface area contributed by atoms with Gasteiger partial charge < -0.3 is 15.0 Å². The van der Waals surface area contributed by atoms with Gasteiger partial charge in [-0.25, -0.2) is 4.79 Å². The van der Waals surface area contributed by atoms with Crippen molar-refractivity contribution in [2.24, 2.45) is 5.92 Å². The zero-order valence-electron chi connectivity index (χ0n) is 15.9. The molecule has 0 aliphatic carbocycles. The quantitative estimate of drug-likeness (QED) is 0.722. The van der Waals surface area contributed by atoms with Gasteiger partial charge in [0.25, 0.3) is 0 Å². The van der Waals surface area contributed by atoms with E-state index in [4.69, 9.17) is 4.74 Å². The molecule has 0 unspecified atom stereocenters. The number of likely N-dealkylation sites (tertiary alicyclic amines) is 1. The molecule has 144 valence electrons. The number of hydrogen-bond acceptors (Lipinski definition) is 3. The molecule has 2 aromatic carbocycles. The van der Waals surface area contributed by atoms with Crippen molar-refractivity contribution in [3.63, 3.8) is 0 Å². The molecule has 27 heavy (non-hydrogen) atoms. The molecule has 1 heterocycles. The monoisotopic (exact) mass is 432 g/mol. The van der Waals surface area contributed by atoms with Gasteiger partial charge in [0.1, 0.15) is 5.60 Å². The number of hydrogen-bond donors (Lipinski definition) is 1. The summed E-state index contributed by atoms with van der Waals surface area (Å²) in [5, 5.41) is 5.16. The van der Waals surface area contributed by atoms with E-state index in [0.717, 1.165) is 27.4 Å². The maximum Gasteiger partial charge on any atom is 0.410 e. The summed E-state index contributed by atoms with van der Waals surface area (Å²) in [7, 11) is 0. The Bertz CT molecular complexity index is 854. The zero-order valence-corrected chi connectivity index (χ0v) is 17.5. The zero-order chi connectivity index (χ0) is 19.6. The summed E-state index contributed by atoms with van der Waals surface area (Å²) in [6.07, 6.45) is 0.943. The van der Waals surface area contributed by atoms with Gasteiger partial charge in [0.15, 0.2) is 0 Å². The number of carbonyl (C=O) groups is 2. The number of nitrogens with one attached hydrogen (secondary N) is 1. The highest BCUT2D eigenvalue weighted by Crippen LogP contribution is 2.27. The van der Waals surface area contributed by atoms with Crippen molar-refractivity contribution in [1.29, 1.82) is 0 Å². The van der Waals surface area contributed by atoms with Crippen molar-refractivity contribution in [3.05, 3.63) is 40.9 Å². The number of anilines is 1. The molecular weight excluding hydrogens is 408 g/mol. The molecule has 0 spiro atoms. The second kappa shape index (κ2) is 7.89. The first kappa shape index (κ1) is 19.7. The molecule has 1 aliphatic rings. The second-order valence-electron chi connectivity index (χ2n) is 8.01. The van der Waals surface area contributed by atoms with Crippen molar-refractivity contribution in [3.8, 4) is 0 Å². The standard InChI is InChI=1S/C21H25BrN2O3/c1-21(2,3)27-20(26)24-12-14(13-24)7-10-19(25)23-16-8-9-17-15(11-16)5-4-6-18(17)22/h4-6,8-9,11,14H,7,10,12-13H2,1-3H3,(H,23,25). The molecule has 1 saturated heterocycles. The Morgan fingerprint density at radius 3 is 2.67 bits per heavy atom. The number of amides is 2. The number of benzene rings is 2. The lowest BCUT2D eigenvalue weighted by molar-refractivity contribution is -0.116. The van der Waals surface area contributed by atoms with Gasteiger partial charge in [0.05, 0.1) is 0 Å². The van der Waals surface area contributed by atoms with E-state index in [0.29, 0.717) is 25.4 Å². The van der Waals surface area contributed by atoms with E-state index in [1.54, 1.807) is 4.90 Å². The Kier molecular flexibility index (Phi) is 5.75. The minimum Gasteiger partial charge on any atom is -0.444 e. The smallest absolute Gasteiger partial charge is 0.410 e. The molecule has 6 heteroatoms. The van der Waals surface area contributed by atoms with Gasteiger partial charge >= 0.3 is 6.09 Å². The Labute approximate surface area is 168 Å². The first-order valence-electron chi connectivity index (χ1n) is 9.17. The molecule has 1 N–H and O–H groups in total. The minimum atomic E-state index is -0.475. The van der Waals surface area contributed by atoms with Crippen molar-refractivity contribution >= 4 is 44.4 Å². The number of carbonyl (C=O) groups excluding carboxylic acids is 2. The summed E-state index contributed by atoms with van der Waals surface area (Å²) in [4.78, 5) is 25.8. The van der Waals surface area contributed by atoms with E-state index in [2.05, 4.69) is 21.2 Å². The number of nitrogens with zero attached hydrogens (tertiary/aromatic N) is 1. The predicted molar refractivity (Wildman–Crippen MR) is 111 cm³/mol. The summed E-state index contributed by atoms with van der Waals surface area (Å²) in [5.41, 5.74) is 0.326. The molecule has 0 saturated carbocycles. The van der Waals surface area contributed by atoms with Crippen LogP contribution in [0.15, 0.2) is 40.9 Å². The Hall–Kier alpha value is -2.08. The van der Waals surface area contributed by atoms with Gasteiger partial charge in [-0.2, -0.15) is 0 Å².